The van der Waals surface area contributed by atoms with Crippen molar-refractivity contribution >= 4 is 17.7 Å². The summed E-state index contributed by atoms with van der Waals surface area (Å²) in [6.45, 7) is 4.41. The molecule has 2 saturated carbocycles. The van der Waals surface area contributed by atoms with Crippen LogP contribution in [0.25, 0.3) is 0 Å². The van der Waals surface area contributed by atoms with Gasteiger partial charge in [0.05, 0.1) is 5.75 Å². The van der Waals surface area contributed by atoms with E-state index in [1.165, 1.54) is 49.1 Å². The standard InChI is InChI=1S/C30H37FN4O2S/c1-20(12-13-22-8-4-3-5-9-22)32-29(36)19-38-30-34-33-28(18-37-27-11-7-6-10-26(27)31)35(30)21(2)25-17-23-14-15-24(25)16-23/h3-11,20-21,23-25H,12-19H2,1-2H3,(H,32,36)/t20-,21-,23+,24+,25-/m0/s1. The lowest BCUT2D eigenvalue weighted by Gasteiger charge is -2.30. The summed E-state index contributed by atoms with van der Waals surface area (Å²) < 4.78 is 22.1. The summed E-state index contributed by atoms with van der Waals surface area (Å²) in [4.78, 5) is 12.8. The van der Waals surface area contributed by atoms with Crippen LogP contribution in [0.4, 0.5) is 4.39 Å². The van der Waals surface area contributed by atoms with E-state index in [0.29, 0.717) is 11.7 Å². The number of fused-ring (bicyclic) bond motifs is 2. The summed E-state index contributed by atoms with van der Waals surface area (Å²) in [6, 6.07) is 17.0. The maximum atomic E-state index is 14.2. The molecule has 2 fully saturated rings. The smallest absolute Gasteiger partial charge is 0.230 e. The van der Waals surface area contributed by atoms with Gasteiger partial charge in [0.15, 0.2) is 22.5 Å². The summed E-state index contributed by atoms with van der Waals surface area (Å²) in [6.07, 6.45) is 6.97. The van der Waals surface area contributed by atoms with E-state index in [4.69, 9.17) is 4.74 Å². The molecule has 2 aliphatic carbocycles. The van der Waals surface area contributed by atoms with E-state index in [1.54, 1.807) is 18.2 Å². The number of hydrogen-bond acceptors (Lipinski definition) is 5. The predicted molar refractivity (Wildman–Crippen MR) is 147 cm³/mol. The lowest BCUT2D eigenvalue weighted by Crippen LogP contribution is -2.34. The van der Waals surface area contributed by atoms with E-state index in [9.17, 15) is 9.18 Å². The van der Waals surface area contributed by atoms with Crippen molar-refractivity contribution in [3.05, 3.63) is 71.8 Å². The summed E-state index contributed by atoms with van der Waals surface area (Å²) in [5, 5.41) is 12.7. The second-order valence-electron chi connectivity index (χ2n) is 10.8. The van der Waals surface area contributed by atoms with Crippen LogP contribution in [-0.4, -0.2) is 32.5 Å². The monoisotopic (exact) mass is 536 g/mol. The van der Waals surface area contributed by atoms with Gasteiger partial charge in [-0.1, -0.05) is 60.6 Å². The highest BCUT2D eigenvalue weighted by Gasteiger charge is 2.43. The molecule has 0 spiro atoms. The number of rotatable bonds is 12. The number of nitrogens with zero attached hydrogens (tertiary/aromatic N) is 3. The van der Waals surface area contributed by atoms with Crippen molar-refractivity contribution in [1.82, 2.24) is 20.1 Å². The highest BCUT2D eigenvalue weighted by atomic mass is 32.2. The van der Waals surface area contributed by atoms with Crippen LogP contribution < -0.4 is 10.1 Å². The third-order valence-corrected chi connectivity index (χ3v) is 9.14. The van der Waals surface area contributed by atoms with Crippen LogP contribution in [0.5, 0.6) is 5.75 Å². The van der Waals surface area contributed by atoms with E-state index < -0.39 is 5.82 Å². The van der Waals surface area contributed by atoms with E-state index in [1.807, 2.05) is 25.1 Å². The Morgan fingerprint density at radius 2 is 1.89 bits per heavy atom. The molecule has 2 bridgehead atoms. The van der Waals surface area contributed by atoms with Crippen molar-refractivity contribution in [2.24, 2.45) is 17.8 Å². The minimum Gasteiger partial charge on any atom is -0.483 e. The molecule has 1 aromatic heterocycles. The first kappa shape index (κ1) is 26.7. The summed E-state index contributed by atoms with van der Waals surface area (Å²) >= 11 is 1.41. The Balaban J connectivity index is 1.23. The zero-order valence-electron chi connectivity index (χ0n) is 22.2. The van der Waals surface area contributed by atoms with Gasteiger partial charge in [0.1, 0.15) is 6.61 Å². The van der Waals surface area contributed by atoms with E-state index >= 15 is 0 Å². The van der Waals surface area contributed by atoms with Crippen molar-refractivity contribution in [3.8, 4) is 5.75 Å². The number of nitrogens with one attached hydrogen (secondary N) is 1. The van der Waals surface area contributed by atoms with Crippen LogP contribution in [0.1, 0.15) is 63.4 Å². The van der Waals surface area contributed by atoms with Crippen molar-refractivity contribution in [1.29, 1.82) is 0 Å². The van der Waals surface area contributed by atoms with Gasteiger partial charge in [-0.05, 0) is 81.4 Å². The minimum absolute atomic E-state index is 0.0122. The molecule has 2 aromatic carbocycles. The molecule has 6 nitrogen and oxygen atoms in total. The number of halogens is 1. The number of aryl methyl sites for hydroxylation is 1. The SMILES string of the molecule is C[C@@H](CCc1ccccc1)NC(=O)CSc1nnc(COc2ccccc2F)n1[C@@H](C)[C@@H]1C[C@@H]2CC[C@@H]1C2. The summed E-state index contributed by atoms with van der Waals surface area (Å²) in [5.74, 6) is 2.84. The molecule has 8 heteroatoms. The predicted octanol–water partition coefficient (Wildman–Crippen LogP) is 6.22. The van der Waals surface area contributed by atoms with Crippen LogP contribution in [-0.2, 0) is 17.8 Å². The van der Waals surface area contributed by atoms with Crippen molar-refractivity contribution in [2.45, 2.75) is 76.2 Å². The number of para-hydroxylation sites is 1. The zero-order valence-corrected chi connectivity index (χ0v) is 23.0. The molecule has 1 amide bonds. The molecule has 1 N–H and O–H groups in total. The van der Waals surface area contributed by atoms with Gasteiger partial charge in [-0.15, -0.1) is 10.2 Å². The number of benzene rings is 2. The third kappa shape index (κ3) is 6.40. The van der Waals surface area contributed by atoms with E-state index in [2.05, 4.69) is 39.1 Å². The van der Waals surface area contributed by atoms with Crippen molar-refractivity contribution < 1.29 is 13.9 Å². The van der Waals surface area contributed by atoms with E-state index in [-0.39, 0.29) is 36.1 Å². The van der Waals surface area contributed by atoms with Gasteiger partial charge in [-0.2, -0.15) is 0 Å². The molecule has 0 unspecified atom stereocenters. The lowest BCUT2D eigenvalue weighted by molar-refractivity contribution is -0.119. The number of carbonyl (C=O) groups is 1. The molecule has 0 saturated heterocycles. The van der Waals surface area contributed by atoms with Crippen LogP contribution in [0.3, 0.4) is 0 Å². The highest BCUT2D eigenvalue weighted by molar-refractivity contribution is 7.99. The maximum Gasteiger partial charge on any atom is 0.230 e. The average molecular weight is 537 g/mol. The van der Waals surface area contributed by atoms with Gasteiger partial charge >= 0.3 is 0 Å². The Labute approximate surface area is 228 Å². The van der Waals surface area contributed by atoms with Gasteiger partial charge in [0.2, 0.25) is 5.91 Å². The fourth-order valence-electron chi connectivity index (χ4n) is 6.24. The average Bonchev–Trinajstić information content (AvgIpc) is 3.67. The molecule has 2 aliphatic rings. The fourth-order valence-corrected chi connectivity index (χ4v) is 7.09. The molecule has 5 rings (SSSR count). The molecule has 0 radical (unpaired) electrons. The number of aromatic nitrogens is 3. The van der Waals surface area contributed by atoms with E-state index in [0.717, 1.165) is 29.8 Å². The van der Waals surface area contributed by atoms with Gasteiger partial charge in [0.25, 0.3) is 0 Å². The van der Waals surface area contributed by atoms with Crippen molar-refractivity contribution in [2.75, 3.05) is 5.75 Å². The maximum absolute atomic E-state index is 14.2. The van der Waals surface area contributed by atoms with Gasteiger partial charge in [0, 0.05) is 12.1 Å². The lowest BCUT2D eigenvalue weighted by atomic mass is 9.84. The molecule has 38 heavy (non-hydrogen) atoms. The fraction of sp³-hybridized carbons (Fsp3) is 0.500. The van der Waals surface area contributed by atoms with Crippen LogP contribution in [0.2, 0.25) is 0 Å². The molecular weight excluding hydrogens is 499 g/mol. The Bertz CT molecular complexity index is 1220. The van der Waals surface area contributed by atoms with Crippen LogP contribution >= 0.6 is 11.8 Å². The number of hydrogen-bond donors (Lipinski definition) is 1. The molecule has 3 aromatic rings. The highest BCUT2D eigenvalue weighted by Crippen LogP contribution is 2.52. The Kier molecular flexibility index (Phi) is 8.67. The number of carbonyl (C=O) groups excluding carboxylic acids is 1. The largest absolute Gasteiger partial charge is 0.483 e. The van der Waals surface area contributed by atoms with Gasteiger partial charge in [-0.25, -0.2) is 4.39 Å². The second kappa shape index (κ2) is 12.3. The third-order valence-electron chi connectivity index (χ3n) is 8.20. The molecular formula is C30H37FN4O2S. The Morgan fingerprint density at radius 3 is 2.63 bits per heavy atom. The van der Waals surface area contributed by atoms with Crippen LogP contribution in [0.15, 0.2) is 59.8 Å². The Hall–Kier alpha value is -2.87. The first-order valence-corrected chi connectivity index (χ1v) is 14.7. The normalized spacial score (nSPS) is 21.8. The summed E-state index contributed by atoms with van der Waals surface area (Å²) in [5.41, 5.74) is 1.27. The number of thioether (sulfide) groups is 1. The molecule has 5 atom stereocenters. The number of ether oxygens (including phenoxy) is 1. The van der Waals surface area contributed by atoms with Crippen LogP contribution in [0, 0.1) is 23.6 Å². The topological polar surface area (TPSA) is 69.0 Å². The molecule has 1 heterocycles. The summed E-state index contributed by atoms with van der Waals surface area (Å²) in [7, 11) is 0. The quantitative estimate of drug-likeness (QED) is 0.278. The first-order valence-electron chi connectivity index (χ1n) is 13.7. The number of amides is 1. The minimum atomic E-state index is -0.396. The molecule has 0 aliphatic heterocycles. The molecule has 202 valence electrons. The first-order chi connectivity index (χ1) is 18.5. The van der Waals surface area contributed by atoms with Crippen molar-refractivity contribution in [3.63, 3.8) is 0 Å². The van der Waals surface area contributed by atoms with Gasteiger partial charge in [-0.3, -0.25) is 9.36 Å². The zero-order chi connectivity index (χ0) is 26.5. The second-order valence-corrected chi connectivity index (χ2v) is 11.8. The van der Waals surface area contributed by atoms with Gasteiger partial charge < -0.3 is 10.1 Å². The Morgan fingerprint density at radius 1 is 1.11 bits per heavy atom.